The molecule has 0 aliphatic carbocycles. The van der Waals surface area contributed by atoms with Crippen LogP contribution in [0.4, 0.5) is 0 Å². The summed E-state index contributed by atoms with van der Waals surface area (Å²) in [4.78, 5) is 16.6. The van der Waals surface area contributed by atoms with E-state index in [-0.39, 0.29) is 18.4 Å². The van der Waals surface area contributed by atoms with Gasteiger partial charge in [-0.3, -0.25) is 14.6 Å². The largest absolute Gasteiger partial charge is 0.491 e. The number of ketones is 1. The van der Waals surface area contributed by atoms with Crippen molar-refractivity contribution in [1.29, 1.82) is 0 Å². The molecule has 1 N–H and O–H groups in total. The first-order valence-electron chi connectivity index (χ1n) is 12.1. The SMILES string of the molecule is CCC(=O)c1ccc(OC[C@@H](O)CN2CCN(C(c3ccccc3)c3ccccc3)CC2)cc1. The van der Waals surface area contributed by atoms with Gasteiger partial charge in [0.2, 0.25) is 0 Å². The fourth-order valence-corrected chi connectivity index (χ4v) is 4.57. The van der Waals surface area contributed by atoms with Crippen LogP contribution in [0, 0.1) is 0 Å². The number of carbonyl (C=O) groups is 1. The molecular formula is C29H34N2O3. The van der Waals surface area contributed by atoms with Gasteiger partial charge >= 0.3 is 0 Å². The van der Waals surface area contributed by atoms with E-state index in [4.69, 9.17) is 4.74 Å². The van der Waals surface area contributed by atoms with Gasteiger partial charge in [-0.05, 0) is 35.4 Å². The normalized spacial score (nSPS) is 15.9. The number of Topliss-reactive ketones (excluding diaryl/α,β-unsaturated/α-hetero) is 1. The molecule has 1 atom stereocenters. The minimum Gasteiger partial charge on any atom is -0.491 e. The lowest BCUT2D eigenvalue weighted by molar-refractivity contribution is 0.0401. The minimum absolute atomic E-state index is 0.118. The van der Waals surface area contributed by atoms with Crippen molar-refractivity contribution >= 4 is 5.78 Å². The summed E-state index contributed by atoms with van der Waals surface area (Å²) in [6.45, 7) is 6.36. The fourth-order valence-electron chi connectivity index (χ4n) is 4.57. The van der Waals surface area contributed by atoms with E-state index < -0.39 is 6.10 Å². The van der Waals surface area contributed by atoms with E-state index in [1.807, 2.05) is 6.92 Å². The number of β-amino-alcohol motifs (C(OH)–C–C–N with tert-alkyl or cyclic N) is 1. The van der Waals surface area contributed by atoms with Gasteiger partial charge in [-0.25, -0.2) is 0 Å². The Balaban J connectivity index is 1.28. The summed E-state index contributed by atoms with van der Waals surface area (Å²) in [5.74, 6) is 0.789. The summed E-state index contributed by atoms with van der Waals surface area (Å²) in [6.07, 6.45) is -0.0774. The number of aliphatic hydroxyl groups excluding tert-OH is 1. The van der Waals surface area contributed by atoms with Crippen molar-refractivity contribution in [3.63, 3.8) is 0 Å². The number of piperazine rings is 1. The van der Waals surface area contributed by atoms with Gasteiger partial charge in [-0.15, -0.1) is 0 Å². The van der Waals surface area contributed by atoms with Crippen LogP contribution in [0.25, 0.3) is 0 Å². The van der Waals surface area contributed by atoms with Crippen LogP contribution in [0.15, 0.2) is 84.9 Å². The summed E-state index contributed by atoms with van der Waals surface area (Å²) < 4.78 is 5.75. The van der Waals surface area contributed by atoms with Crippen molar-refractivity contribution in [2.45, 2.75) is 25.5 Å². The fraction of sp³-hybridized carbons (Fsp3) is 0.345. The molecule has 34 heavy (non-hydrogen) atoms. The van der Waals surface area contributed by atoms with Crippen LogP contribution in [0.1, 0.15) is 40.9 Å². The van der Waals surface area contributed by atoms with Gasteiger partial charge in [0.25, 0.3) is 0 Å². The van der Waals surface area contributed by atoms with E-state index in [9.17, 15) is 9.90 Å². The summed E-state index contributed by atoms with van der Waals surface area (Å²) >= 11 is 0. The number of hydrogen-bond acceptors (Lipinski definition) is 5. The molecule has 0 aromatic heterocycles. The summed E-state index contributed by atoms with van der Waals surface area (Å²) in [5, 5.41) is 10.5. The van der Waals surface area contributed by atoms with Crippen molar-refractivity contribution in [2.24, 2.45) is 0 Å². The van der Waals surface area contributed by atoms with E-state index in [2.05, 4.69) is 70.5 Å². The molecule has 1 fully saturated rings. The van der Waals surface area contributed by atoms with Gasteiger partial charge in [0.1, 0.15) is 18.5 Å². The third-order valence-electron chi connectivity index (χ3n) is 6.41. The number of nitrogens with zero attached hydrogens (tertiary/aromatic N) is 2. The summed E-state index contributed by atoms with van der Waals surface area (Å²) in [7, 11) is 0. The number of hydrogen-bond donors (Lipinski definition) is 1. The van der Waals surface area contributed by atoms with Crippen LogP contribution in [0.5, 0.6) is 5.75 Å². The van der Waals surface area contributed by atoms with Crippen molar-refractivity contribution in [1.82, 2.24) is 9.80 Å². The molecule has 0 unspecified atom stereocenters. The summed E-state index contributed by atoms with van der Waals surface area (Å²) in [6, 6.07) is 28.7. The Morgan fingerprint density at radius 3 is 1.94 bits per heavy atom. The molecule has 0 spiro atoms. The molecule has 1 saturated heterocycles. The Morgan fingerprint density at radius 1 is 0.853 bits per heavy atom. The van der Waals surface area contributed by atoms with Gasteiger partial charge in [0, 0.05) is 44.7 Å². The monoisotopic (exact) mass is 458 g/mol. The van der Waals surface area contributed by atoms with Crippen LogP contribution in [0.3, 0.4) is 0 Å². The highest BCUT2D eigenvalue weighted by Crippen LogP contribution is 2.29. The van der Waals surface area contributed by atoms with Crippen LogP contribution in [-0.2, 0) is 0 Å². The number of carbonyl (C=O) groups excluding carboxylic acids is 1. The maximum absolute atomic E-state index is 11.7. The van der Waals surface area contributed by atoms with Crippen molar-refractivity contribution in [3.05, 3.63) is 102 Å². The average Bonchev–Trinajstić information content (AvgIpc) is 2.90. The first kappa shape index (κ1) is 24.1. The molecule has 4 rings (SSSR count). The van der Waals surface area contributed by atoms with E-state index in [0.717, 1.165) is 26.2 Å². The smallest absolute Gasteiger partial charge is 0.162 e. The Kier molecular flexibility index (Phi) is 8.47. The molecular weight excluding hydrogens is 424 g/mol. The second-order valence-electron chi connectivity index (χ2n) is 8.83. The highest BCUT2D eigenvalue weighted by molar-refractivity contribution is 5.95. The number of benzene rings is 3. The topological polar surface area (TPSA) is 53.0 Å². The molecule has 5 heteroatoms. The summed E-state index contributed by atoms with van der Waals surface area (Å²) in [5.41, 5.74) is 3.31. The zero-order chi connectivity index (χ0) is 23.8. The van der Waals surface area contributed by atoms with Gasteiger partial charge in [0.05, 0.1) is 6.04 Å². The van der Waals surface area contributed by atoms with E-state index in [1.54, 1.807) is 24.3 Å². The van der Waals surface area contributed by atoms with Crippen LogP contribution in [0.2, 0.25) is 0 Å². The van der Waals surface area contributed by atoms with Gasteiger partial charge in [-0.1, -0.05) is 67.6 Å². The third kappa shape index (κ3) is 6.32. The molecule has 0 saturated carbocycles. The third-order valence-corrected chi connectivity index (χ3v) is 6.41. The molecule has 0 radical (unpaired) electrons. The number of rotatable bonds is 10. The maximum Gasteiger partial charge on any atom is 0.162 e. The maximum atomic E-state index is 11.7. The quantitative estimate of drug-likeness (QED) is 0.456. The predicted octanol–water partition coefficient (Wildman–Crippen LogP) is 4.43. The average molecular weight is 459 g/mol. The van der Waals surface area contributed by atoms with Gasteiger partial charge in [-0.2, -0.15) is 0 Å². The first-order chi connectivity index (χ1) is 16.6. The van der Waals surface area contributed by atoms with Crippen LogP contribution >= 0.6 is 0 Å². The van der Waals surface area contributed by atoms with E-state index in [1.165, 1.54) is 11.1 Å². The highest BCUT2D eigenvalue weighted by atomic mass is 16.5. The van der Waals surface area contributed by atoms with Crippen LogP contribution in [-0.4, -0.2) is 66.1 Å². The lowest BCUT2D eigenvalue weighted by atomic mass is 9.96. The molecule has 0 amide bonds. The Bertz CT molecular complexity index is 977. The van der Waals surface area contributed by atoms with Crippen molar-refractivity contribution in [3.8, 4) is 5.75 Å². The zero-order valence-corrected chi connectivity index (χ0v) is 19.8. The molecule has 1 aliphatic rings. The molecule has 1 aliphatic heterocycles. The Labute approximate surface area is 202 Å². The molecule has 178 valence electrons. The van der Waals surface area contributed by atoms with Gasteiger partial charge in [0.15, 0.2) is 5.78 Å². The second kappa shape index (κ2) is 11.9. The molecule has 3 aromatic carbocycles. The van der Waals surface area contributed by atoms with Gasteiger partial charge < -0.3 is 9.84 Å². The molecule has 0 bridgehead atoms. The highest BCUT2D eigenvalue weighted by Gasteiger charge is 2.27. The lowest BCUT2D eigenvalue weighted by Crippen LogP contribution is -2.50. The first-order valence-corrected chi connectivity index (χ1v) is 12.1. The Morgan fingerprint density at radius 2 is 1.41 bits per heavy atom. The zero-order valence-electron chi connectivity index (χ0n) is 19.8. The van der Waals surface area contributed by atoms with Crippen LogP contribution < -0.4 is 4.74 Å². The second-order valence-corrected chi connectivity index (χ2v) is 8.83. The number of ether oxygens (including phenoxy) is 1. The van der Waals surface area contributed by atoms with E-state index >= 15 is 0 Å². The number of aliphatic hydroxyl groups is 1. The molecule has 5 nitrogen and oxygen atoms in total. The minimum atomic E-state index is -0.567. The van der Waals surface area contributed by atoms with Crippen molar-refractivity contribution < 1.29 is 14.6 Å². The molecule has 3 aromatic rings. The lowest BCUT2D eigenvalue weighted by Gasteiger charge is -2.40. The van der Waals surface area contributed by atoms with E-state index in [0.29, 0.717) is 24.3 Å². The predicted molar refractivity (Wildman–Crippen MR) is 135 cm³/mol. The van der Waals surface area contributed by atoms with Crippen molar-refractivity contribution in [2.75, 3.05) is 39.3 Å². The standard InChI is InChI=1S/C29H34N2O3/c1-2-28(33)23-13-15-27(16-14-23)34-22-26(32)21-30-17-19-31(20-18-30)29(24-9-5-3-6-10-24)25-11-7-4-8-12-25/h3-16,26,29,32H,2,17-22H2,1H3/t26-/m0/s1. The Hall–Kier alpha value is -2.99. The molecule has 1 heterocycles.